The number of aliphatic hydroxyl groups is 1. The summed E-state index contributed by atoms with van der Waals surface area (Å²) in [5.41, 5.74) is 1.15. The van der Waals surface area contributed by atoms with Gasteiger partial charge in [-0.25, -0.2) is 0 Å². The van der Waals surface area contributed by atoms with Gasteiger partial charge in [0, 0.05) is 19.7 Å². The molecule has 3 aliphatic rings. The van der Waals surface area contributed by atoms with Gasteiger partial charge in [-0.2, -0.15) is 0 Å². The van der Waals surface area contributed by atoms with E-state index in [-0.39, 0.29) is 12.0 Å². The van der Waals surface area contributed by atoms with E-state index in [0.717, 1.165) is 44.7 Å². The Bertz CT molecular complexity index is 579. The number of piperidine rings is 1. The lowest BCUT2D eigenvalue weighted by Gasteiger charge is -2.42. The van der Waals surface area contributed by atoms with Gasteiger partial charge in [0.1, 0.15) is 0 Å². The predicted molar refractivity (Wildman–Crippen MR) is 94.4 cm³/mol. The number of carbonyl (C=O) groups excluding carboxylic acids is 1. The monoisotopic (exact) mass is 327 g/mol. The Morgan fingerprint density at radius 2 is 1.88 bits per heavy atom. The summed E-state index contributed by atoms with van der Waals surface area (Å²) in [6, 6.07) is 10.6. The Hall–Kier alpha value is -1.35. The van der Waals surface area contributed by atoms with Crippen LogP contribution in [-0.2, 0) is 11.2 Å². The molecule has 1 N–H and O–H groups in total. The maximum Gasteiger partial charge on any atom is 0.229 e. The topological polar surface area (TPSA) is 40.5 Å². The average Bonchev–Trinajstić information content (AvgIpc) is 3.24. The van der Waals surface area contributed by atoms with Gasteiger partial charge in [0.2, 0.25) is 5.91 Å². The summed E-state index contributed by atoms with van der Waals surface area (Å²) in [4.78, 5) is 15.7. The molecule has 1 heterocycles. The van der Waals surface area contributed by atoms with Crippen molar-refractivity contribution in [2.75, 3.05) is 19.7 Å². The second kappa shape index (κ2) is 6.51. The van der Waals surface area contributed by atoms with E-state index in [2.05, 4.69) is 35.2 Å². The lowest BCUT2D eigenvalue weighted by Crippen LogP contribution is -2.50. The molecule has 1 saturated heterocycles. The molecular weight excluding hydrogens is 298 g/mol. The van der Waals surface area contributed by atoms with Crippen molar-refractivity contribution in [3.05, 3.63) is 35.9 Å². The summed E-state index contributed by atoms with van der Waals surface area (Å²) in [6.07, 6.45) is 7.72. The Morgan fingerprint density at radius 1 is 1.12 bits per heavy atom. The summed E-state index contributed by atoms with van der Waals surface area (Å²) < 4.78 is 0. The highest BCUT2D eigenvalue weighted by molar-refractivity contribution is 5.84. The fourth-order valence-corrected chi connectivity index (χ4v) is 5.59. The van der Waals surface area contributed by atoms with Crippen LogP contribution in [0.15, 0.2) is 30.3 Å². The van der Waals surface area contributed by atoms with Gasteiger partial charge in [-0.3, -0.25) is 4.79 Å². The molecule has 24 heavy (non-hydrogen) atoms. The first-order valence-electron chi connectivity index (χ1n) is 9.65. The maximum absolute atomic E-state index is 13.6. The average molecular weight is 327 g/mol. The number of amides is 1. The van der Waals surface area contributed by atoms with Crippen LogP contribution >= 0.6 is 0 Å². The number of benzene rings is 1. The van der Waals surface area contributed by atoms with E-state index in [1.807, 2.05) is 0 Å². The van der Waals surface area contributed by atoms with E-state index >= 15 is 0 Å². The van der Waals surface area contributed by atoms with E-state index in [9.17, 15) is 9.90 Å². The Kier molecular flexibility index (Phi) is 4.38. The minimum Gasteiger partial charge on any atom is -0.396 e. The molecule has 1 aromatic rings. The van der Waals surface area contributed by atoms with E-state index in [0.29, 0.717) is 17.7 Å². The molecular formula is C21H29NO2. The van der Waals surface area contributed by atoms with Crippen LogP contribution in [0.25, 0.3) is 0 Å². The van der Waals surface area contributed by atoms with Crippen LogP contribution in [0.4, 0.5) is 0 Å². The van der Waals surface area contributed by atoms with Crippen molar-refractivity contribution >= 4 is 5.91 Å². The van der Waals surface area contributed by atoms with Crippen LogP contribution in [0.1, 0.15) is 44.1 Å². The number of hydrogen-bond acceptors (Lipinski definition) is 2. The van der Waals surface area contributed by atoms with Crippen LogP contribution in [0.2, 0.25) is 0 Å². The molecule has 4 rings (SSSR count). The smallest absolute Gasteiger partial charge is 0.229 e. The van der Waals surface area contributed by atoms with E-state index in [1.54, 1.807) is 0 Å². The quantitative estimate of drug-likeness (QED) is 0.922. The van der Waals surface area contributed by atoms with Crippen LogP contribution in [-0.4, -0.2) is 35.6 Å². The summed E-state index contributed by atoms with van der Waals surface area (Å²) in [6.45, 7) is 1.93. The predicted octanol–water partition coefficient (Wildman–Crippen LogP) is 3.27. The number of nitrogens with zero attached hydrogens (tertiary/aromatic N) is 1. The molecule has 0 spiro atoms. The van der Waals surface area contributed by atoms with Crippen molar-refractivity contribution in [1.82, 2.24) is 4.90 Å². The number of hydrogen-bond donors (Lipinski definition) is 1. The summed E-state index contributed by atoms with van der Waals surface area (Å²) >= 11 is 0. The van der Waals surface area contributed by atoms with Gasteiger partial charge in [-0.05, 0) is 61.8 Å². The second-order valence-corrected chi connectivity index (χ2v) is 8.32. The number of rotatable bonds is 4. The third-order valence-corrected chi connectivity index (χ3v) is 6.92. The highest BCUT2D eigenvalue weighted by Crippen LogP contribution is 2.58. The molecule has 1 aromatic carbocycles. The van der Waals surface area contributed by atoms with Crippen LogP contribution < -0.4 is 0 Å². The first-order chi connectivity index (χ1) is 11.7. The fraction of sp³-hybridized carbons (Fsp3) is 0.667. The summed E-state index contributed by atoms with van der Waals surface area (Å²) in [5.74, 6) is 2.14. The van der Waals surface area contributed by atoms with Gasteiger partial charge in [-0.15, -0.1) is 0 Å². The summed E-state index contributed by atoms with van der Waals surface area (Å²) in [5, 5.41) is 9.36. The standard InChI is InChI=1S/C21H29NO2/c23-15-17-8-10-22(11-9-17)20(24)21(13-16-4-2-1-3-5-16)14-18-6-7-19(21)12-18/h1-5,17-19,23H,6-15H2/t18-,19-,21-/m0/s1. The molecule has 0 unspecified atom stereocenters. The number of likely N-dealkylation sites (tertiary alicyclic amines) is 1. The molecule has 2 bridgehead atoms. The van der Waals surface area contributed by atoms with E-state index in [1.165, 1.54) is 24.8 Å². The van der Waals surface area contributed by atoms with E-state index < -0.39 is 0 Å². The zero-order valence-electron chi connectivity index (χ0n) is 14.5. The highest BCUT2D eigenvalue weighted by atomic mass is 16.3. The first-order valence-corrected chi connectivity index (χ1v) is 9.65. The third-order valence-electron chi connectivity index (χ3n) is 6.92. The van der Waals surface area contributed by atoms with Gasteiger partial charge in [-0.1, -0.05) is 36.8 Å². The van der Waals surface area contributed by atoms with Gasteiger partial charge in [0.15, 0.2) is 0 Å². The number of aliphatic hydroxyl groups excluding tert-OH is 1. The van der Waals surface area contributed by atoms with Crippen LogP contribution in [0.5, 0.6) is 0 Å². The van der Waals surface area contributed by atoms with Crippen molar-refractivity contribution in [1.29, 1.82) is 0 Å². The summed E-state index contributed by atoms with van der Waals surface area (Å²) in [7, 11) is 0. The largest absolute Gasteiger partial charge is 0.396 e. The number of fused-ring (bicyclic) bond motifs is 2. The fourth-order valence-electron chi connectivity index (χ4n) is 5.59. The molecule has 3 fully saturated rings. The maximum atomic E-state index is 13.6. The van der Waals surface area contributed by atoms with Crippen molar-refractivity contribution in [3.63, 3.8) is 0 Å². The van der Waals surface area contributed by atoms with Gasteiger partial charge >= 0.3 is 0 Å². The van der Waals surface area contributed by atoms with Crippen LogP contribution in [0, 0.1) is 23.2 Å². The highest BCUT2D eigenvalue weighted by Gasteiger charge is 2.56. The third kappa shape index (κ3) is 2.77. The molecule has 3 heteroatoms. The van der Waals surface area contributed by atoms with Crippen molar-refractivity contribution in [3.8, 4) is 0 Å². The molecule has 3 atom stereocenters. The Labute approximate surface area is 145 Å². The van der Waals surface area contributed by atoms with E-state index in [4.69, 9.17) is 0 Å². The minimum atomic E-state index is -0.156. The van der Waals surface area contributed by atoms with Crippen LogP contribution in [0.3, 0.4) is 0 Å². The minimum absolute atomic E-state index is 0.156. The molecule has 2 saturated carbocycles. The van der Waals surface area contributed by atoms with Gasteiger partial charge in [0.25, 0.3) is 0 Å². The normalized spacial score (nSPS) is 33.1. The molecule has 1 aliphatic heterocycles. The molecule has 0 radical (unpaired) electrons. The first kappa shape index (κ1) is 16.1. The zero-order chi connectivity index (χ0) is 16.6. The molecule has 130 valence electrons. The van der Waals surface area contributed by atoms with Crippen molar-refractivity contribution in [2.45, 2.75) is 44.9 Å². The Balaban J connectivity index is 1.56. The van der Waals surface area contributed by atoms with Crippen molar-refractivity contribution < 1.29 is 9.90 Å². The number of carbonyl (C=O) groups is 1. The lowest BCUT2D eigenvalue weighted by molar-refractivity contribution is -0.147. The van der Waals surface area contributed by atoms with Gasteiger partial charge < -0.3 is 10.0 Å². The zero-order valence-corrected chi connectivity index (χ0v) is 14.5. The second-order valence-electron chi connectivity index (χ2n) is 8.32. The van der Waals surface area contributed by atoms with Gasteiger partial charge in [0.05, 0.1) is 5.41 Å². The lowest BCUT2D eigenvalue weighted by atomic mass is 9.68. The molecule has 3 nitrogen and oxygen atoms in total. The SMILES string of the molecule is O=C(N1CCC(CO)CC1)[C@@]1(Cc2ccccc2)C[C@H]2CC[C@H]1C2. The molecule has 0 aromatic heterocycles. The molecule has 1 amide bonds. The van der Waals surface area contributed by atoms with Crippen molar-refractivity contribution in [2.24, 2.45) is 23.2 Å². The Morgan fingerprint density at radius 3 is 2.46 bits per heavy atom. The molecule has 2 aliphatic carbocycles.